The van der Waals surface area contributed by atoms with E-state index in [1.54, 1.807) is 0 Å². The third-order valence-corrected chi connectivity index (χ3v) is 2.43. The summed E-state index contributed by atoms with van der Waals surface area (Å²) in [5.41, 5.74) is -0.0580. The van der Waals surface area contributed by atoms with Gasteiger partial charge in [-0.3, -0.25) is 0 Å². The van der Waals surface area contributed by atoms with Crippen LogP contribution < -0.4 is 5.32 Å². The van der Waals surface area contributed by atoms with Crippen LogP contribution in [0.2, 0.25) is 0 Å². The average molecular weight is 255 g/mol. The molecule has 2 rings (SSSR count). The van der Waals surface area contributed by atoms with Crippen molar-refractivity contribution in [2.75, 3.05) is 5.32 Å². The lowest BCUT2D eigenvalue weighted by Crippen LogP contribution is -2.05. The molecule has 1 N–H and O–H groups in total. The molecule has 94 valence electrons. The van der Waals surface area contributed by atoms with E-state index in [-0.39, 0.29) is 17.8 Å². The number of anilines is 1. The lowest BCUT2D eigenvalue weighted by atomic mass is 10.2. The molecule has 1 nitrogen and oxygen atoms in total. The minimum atomic E-state index is -0.998. The van der Waals surface area contributed by atoms with Gasteiger partial charge in [-0.1, -0.05) is 12.1 Å². The lowest BCUT2D eigenvalue weighted by Gasteiger charge is -2.08. The Morgan fingerprint density at radius 1 is 0.889 bits per heavy atom. The zero-order valence-corrected chi connectivity index (χ0v) is 9.18. The second kappa shape index (κ2) is 5.08. The van der Waals surface area contributed by atoms with Crippen LogP contribution in [-0.2, 0) is 6.54 Å². The van der Waals surface area contributed by atoms with Crippen molar-refractivity contribution in [3.63, 3.8) is 0 Å². The van der Waals surface area contributed by atoms with Crippen LogP contribution in [-0.4, -0.2) is 0 Å². The first-order chi connectivity index (χ1) is 8.58. The number of rotatable bonds is 3. The quantitative estimate of drug-likeness (QED) is 0.821. The summed E-state index contributed by atoms with van der Waals surface area (Å²) in [6.07, 6.45) is 0. The first kappa shape index (κ1) is 12.4. The number of hydrogen-bond donors (Lipinski definition) is 1. The molecular weight excluding hydrogens is 246 g/mol. The highest BCUT2D eigenvalue weighted by Gasteiger charge is 2.08. The Labute approximate surface area is 101 Å². The molecule has 0 aliphatic heterocycles. The summed E-state index contributed by atoms with van der Waals surface area (Å²) in [6, 6.07) is 6.58. The summed E-state index contributed by atoms with van der Waals surface area (Å²) in [5, 5.41) is 2.52. The van der Waals surface area contributed by atoms with Crippen LogP contribution in [0, 0.1) is 23.3 Å². The fraction of sp³-hybridized carbons (Fsp3) is 0.0769. The molecule has 0 bridgehead atoms. The van der Waals surface area contributed by atoms with E-state index in [0.717, 1.165) is 24.3 Å². The van der Waals surface area contributed by atoms with Gasteiger partial charge in [0.25, 0.3) is 0 Å². The van der Waals surface area contributed by atoms with Crippen molar-refractivity contribution in [3.8, 4) is 0 Å². The molecule has 18 heavy (non-hydrogen) atoms. The Balaban J connectivity index is 2.16. The van der Waals surface area contributed by atoms with E-state index in [9.17, 15) is 17.6 Å². The first-order valence-corrected chi connectivity index (χ1v) is 5.20. The smallest absolute Gasteiger partial charge is 0.163 e. The van der Waals surface area contributed by atoms with Gasteiger partial charge in [-0.2, -0.15) is 0 Å². The number of hydrogen-bond acceptors (Lipinski definition) is 1. The van der Waals surface area contributed by atoms with Crippen molar-refractivity contribution in [2.45, 2.75) is 6.54 Å². The Kier molecular flexibility index (Phi) is 3.50. The van der Waals surface area contributed by atoms with Crippen molar-refractivity contribution in [1.29, 1.82) is 0 Å². The molecule has 0 unspecified atom stereocenters. The fourth-order valence-corrected chi connectivity index (χ4v) is 1.51. The van der Waals surface area contributed by atoms with Crippen LogP contribution in [0.25, 0.3) is 0 Å². The standard InChI is InChI=1S/C13H9F4N/c14-9-4-5-10(15)12(6-9)18-7-8-2-1-3-11(16)13(8)17/h1-6,18H,7H2. The SMILES string of the molecule is Fc1ccc(F)c(NCc2cccc(F)c2F)c1. The summed E-state index contributed by atoms with van der Waals surface area (Å²) in [6.45, 7) is -0.135. The van der Waals surface area contributed by atoms with E-state index in [2.05, 4.69) is 5.32 Å². The molecule has 2 aromatic rings. The molecule has 0 heterocycles. The molecule has 0 saturated heterocycles. The third-order valence-electron chi connectivity index (χ3n) is 2.43. The van der Waals surface area contributed by atoms with E-state index >= 15 is 0 Å². The maximum atomic E-state index is 13.3. The van der Waals surface area contributed by atoms with Crippen LogP contribution in [0.4, 0.5) is 23.2 Å². The Hall–Kier alpha value is -2.04. The second-order valence-electron chi connectivity index (χ2n) is 3.69. The maximum absolute atomic E-state index is 13.3. The maximum Gasteiger partial charge on any atom is 0.163 e. The molecule has 0 fully saturated rings. The first-order valence-electron chi connectivity index (χ1n) is 5.20. The summed E-state index contributed by atoms with van der Waals surface area (Å²) in [7, 11) is 0. The minimum Gasteiger partial charge on any atom is -0.378 e. The van der Waals surface area contributed by atoms with E-state index in [0.29, 0.717) is 0 Å². The van der Waals surface area contributed by atoms with Crippen LogP contribution >= 0.6 is 0 Å². The van der Waals surface area contributed by atoms with E-state index < -0.39 is 23.3 Å². The van der Waals surface area contributed by atoms with Crippen molar-refractivity contribution >= 4 is 5.69 Å². The van der Waals surface area contributed by atoms with Crippen LogP contribution in [0.3, 0.4) is 0 Å². The zero-order chi connectivity index (χ0) is 13.1. The predicted molar refractivity (Wildman–Crippen MR) is 60.0 cm³/mol. The normalized spacial score (nSPS) is 10.4. The largest absolute Gasteiger partial charge is 0.378 e. The van der Waals surface area contributed by atoms with Gasteiger partial charge in [-0.05, 0) is 24.3 Å². The molecule has 0 aliphatic rings. The van der Waals surface area contributed by atoms with Gasteiger partial charge < -0.3 is 5.32 Å². The summed E-state index contributed by atoms with van der Waals surface area (Å²) < 4.78 is 52.3. The van der Waals surface area contributed by atoms with Crippen molar-refractivity contribution in [2.24, 2.45) is 0 Å². The molecule has 0 atom stereocenters. The second-order valence-corrected chi connectivity index (χ2v) is 3.69. The number of nitrogens with one attached hydrogen (secondary N) is 1. The van der Waals surface area contributed by atoms with Gasteiger partial charge in [0.1, 0.15) is 11.6 Å². The molecule has 0 radical (unpaired) electrons. The van der Waals surface area contributed by atoms with Crippen LogP contribution in [0.1, 0.15) is 5.56 Å². The Morgan fingerprint density at radius 3 is 2.44 bits per heavy atom. The summed E-state index contributed by atoms with van der Waals surface area (Å²) in [4.78, 5) is 0. The van der Waals surface area contributed by atoms with E-state index in [1.165, 1.54) is 12.1 Å². The molecule has 0 amide bonds. The fourth-order valence-electron chi connectivity index (χ4n) is 1.51. The van der Waals surface area contributed by atoms with Crippen molar-refractivity contribution in [1.82, 2.24) is 0 Å². The van der Waals surface area contributed by atoms with Gasteiger partial charge in [-0.25, -0.2) is 17.6 Å². The average Bonchev–Trinajstić information content (AvgIpc) is 2.35. The molecule has 5 heteroatoms. The molecule has 0 aromatic heterocycles. The van der Waals surface area contributed by atoms with Gasteiger partial charge in [-0.15, -0.1) is 0 Å². The molecular formula is C13H9F4N. The molecule has 2 aromatic carbocycles. The Bertz CT molecular complexity index is 567. The minimum absolute atomic E-state index is 0.0404. The van der Waals surface area contributed by atoms with Gasteiger partial charge in [0.15, 0.2) is 11.6 Å². The van der Waals surface area contributed by atoms with E-state index in [1.807, 2.05) is 0 Å². The number of halogens is 4. The third kappa shape index (κ3) is 2.61. The summed E-state index contributed by atoms with van der Waals surface area (Å²) >= 11 is 0. The zero-order valence-electron chi connectivity index (χ0n) is 9.18. The highest BCUT2D eigenvalue weighted by atomic mass is 19.2. The molecule has 0 saturated carbocycles. The monoisotopic (exact) mass is 255 g/mol. The van der Waals surface area contributed by atoms with Gasteiger partial charge >= 0.3 is 0 Å². The highest BCUT2D eigenvalue weighted by molar-refractivity contribution is 5.45. The van der Waals surface area contributed by atoms with Crippen LogP contribution in [0.15, 0.2) is 36.4 Å². The molecule has 0 spiro atoms. The van der Waals surface area contributed by atoms with Gasteiger partial charge in [0.2, 0.25) is 0 Å². The Morgan fingerprint density at radius 2 is 1.67 bits per heavy atom. The van der Waals surface area contributed by atoms with E-state index in [4.69, 9.17) is 0 Å². The molecule has 0 aliphatic carbocycles. The van der Waals surface area contributed by atoms with Crippen molar-refractivity contribution < 1.29 is 17.6 Å². The highest BCUT2D eigenvalue weighted by Crippen LogP contribution is 2.18. The topological polar surface area (TPSA) is 12.0 Å². The number of benzene rings is 2. The predicted octanol–water partition coefficient (Wildman–Crippen LogP) is 3.86. The van der Waals surface area contributed by atoms with Gasteiger partial charge in [0, 0.05) is 12.1 Å². The van der Waals surface area contributed by atoms with Crippen molar-refractivity contribution in [3.05, 3.63) is 65.2 Å². The summed E-state index contributed by atoms with van der Waals surface area (Å²) in [5.74, 6) is -3.25. The van der Waals surface area contributed by atoms with Gasteiger partial charge in [0.05, 0.1) is 5.69 Å². The lowest BCUT2D eigenvalue weighted by molar-refractivity contribution is 0.500. The van der Waals surface area contributed by atoms with Crippen LogP contribution in [0.5, 0.6) is 0 Å².